The van der Waals surface area contributed by atoms with E-state index in [1.54, 1.807) is 13.0 Å². The highest BCUT2D eigenvalue weighted by Gasteiger charge is 2.62. The fourth-order valence-corrected chi connectivity index (χ4v) is 2.57. The topological polar surface area (TPSA) is 37.3 Å². The molecule has 1 saturated carbocycles. The molecule has 2 nitrogen and oxygen atoms in total. The van der Waals surface area contributed by atoms with Gasteiger partial charge in [-0.1, -0.05) is 23.3 Å². The van der Waals surface area contributed by atoms with Gasteiger partial charge < -0.3 is 5.11 Å². The van der Waals surface area contributed by atoms with Crippen molar-refractivity contribution in [1.29, 1.82) is 0 Å². The molecular weight excluding hydrogens is 200 g/mol. The number of hydrogen-bond acceptors (Lipinski definition) is 2. The van der Waals surface area contributed by atoms with E-state index in [4.69, 9.17) is 11.6 Å². The summed E-state index contributed by atoms with van der Waals surface area (Å²) >= 11 is 5.54. The molecule has 0 saturated heterocycles. The standard InChI is InChI=1S/C11H13ClO2/c1-7-5-8(6-12)9(13)10(2,14)11(7)3-4-11/h5-6,14H,3-4H2,1-2H3. The SMILES string of the molecule is CC1=CC(=CCl)C(=O)C(C)(O)C12CC2. The molecule has 0 amide bonds. The van der Waals surface area contributed by atoms with Gasteiger partial charge in [-0.05, 0) is 26.7 Å². The fourth-order valence-electron chi connectivity index (χ4n) is 2.41. The molecule has 14 heavy (non-hydrogen) atoms. The summed E-state index contributed by atoms with van der Waals surface area (Å²) in [6.07, 6.45) is 3.58. The molecule has 0 aromatic carbocycles. The van der Waals surface area contributed by atoms with Crippen molar-refractivity contribution in [3.05, 3.63) is 22.8 Å². The van der Waals surface area contributed by atoms with E-state index in [0.717, 1.165) is 18.4 Å². The van der Waals surface area contributed by atoms with Crippen LogP contribution in [0.4, 0.5) is 0 Å². The first-order valence-corrected chi connectivity index (χ1v) is 5.16. The highest BCUT2D eigenvalue weighted by Crippen LogP contribution is 2.61. The minimum atomic E-state index is -1.27. The van der Waals surface area contributed by atoms with Gasteiger partial charge >= 0.3 is 0 Å². The van der Waals surface area contributed by atoms with Crippen LogP contribution in [0.2, 0.25) is 0 Å². The molecule has 1 fully saturated rings. The van der Waals surface area contributed by atoms with Gasteiger partial charge in [-0.25, -0.2) is 0 Å². The van der Waals surface area contributed by atoms with E-state index in [-0.39, 0.29) is 11.2 Å². The lowest BCUT2D eigenvalue weighted by molar-refractivity contribution is -0.137. The van der Waals surface area contributed by atoms with E-state index in [0.29, 0.717) is 5.57 Å². The van der Waals surface area contributed by atoms with Crippen LogP contribution in [0.25, 0.3) is 0 Å². The third kappa shape index (κ3) is 0.984. The Kier molecular flexibility index (Phi) is 1.92. The number of carbonyl (C=O) groups is 1. The monoisotopic (exact) mass is 212 g/mol. The quantitative estimate of drug-likeness (QED) is 0.625. The van der Waals surface area contributed by atoms with E-state index in [1.807, 2.05) is 6.92 Å². The summed E-state index contributed by atoms with van der Waals surface area (Å²) in [6.45, 7) is 3.55. The Hall–Kier alpha value is -0.600. The zero-order valence-corrected chi connectivity index (χ0v) is 9.06. The van der Waals surface area contributed by atoms with Crippen LogP contribution in [0.3, 0.4) is 0 Å². The maximum atomic E-state index is 11.8. The first-order valence-electron chi connectivity index (χ1n) is 4.72. The van der Waals surface area contributed by atoms with Crippen molar-refractivity contribution in [3.8, 4) is 0 Å². The molecule has 0 aromatic heterocycles. The first-order chi connectivity index (χ1) is 6.45. The van der Waals surface area contributed by atoms with Gasteiger partial charge in [-0.2, -0.15) is 0 Å². The van der Waals surface area contributed by atoms with Crippen molar-refractivity contribution in [2.24, 2.45) is 5.41 Å². The van der Waals surface area contributed by atoms with Crippen LogP contribution in [0.15, 0.2) is 22.8 Å². The van der Waals surface area contributed by atoms with Crippen LogP contribution < -0.4 is 0 Å². The molecule has 0 bridgehead atoms. The zero-order valence-electron chi connectivity index (χ0n) is 8.30. The summed E-state index contributed by atoms with van der Waals surface area (Å²) in [5.74, 6) is -0.254. The third-order valence-electron chi connectivity index (χ3n) is 3.63. The lowest BCUT2D eigenvalue weighted by Gasteiger charge is -2.36. The molecule has 0 aliphatic heterocycles. The predicted molar refractivity (Wildman–Crippen MR) is 55.0 cm³/mol. The Morgan fingerprint density at radius 2 is 2.14 bits per heavy atom. The highest BCUT2D eigenvalue weighted by molar-refractivity contribution is 6.28. The normalized spacial score (nSPS) is 37.6. The van der Waals surface area contributed by atoms with Crippen molar-refractivity contribution in [2.45, 2.75) is 32.3 Å². The van der Waals surface area contributed by atoms with E-state index in [2.05, 4.69) is 0 Å². The molecule has 1 atom stereocenters. The number of carbonyl (C=O) groups excluding carboxylic acids is 1. The number of halogens is 1. The molecule has 1 N–H and O–H groups in total. The van der Waals surface area contributed by atoms with Crippen molar-refractivity contribution in [3.63, 3.8) is 0 Å². The lowest BCUT2D eigenvalue weighted by atomic mass is 9.71. The van der Waals surface area contributed by atoms with Gasteiger partial charge in [0, 0.05) is 16.5 Å². The molecule has 0 aromatic rings. The largest absolute Gasteiger partial charge is 0.381 e. The molecular formula is C11H13ClO2. The molecule has 1 unspecified atom stereocenters. The van der Waals surface area contributed by atoms with Gasteiger partial charge in [-0.3, -0.25) is 4.79 Å². The minimum Gasteiger partial charge on any atom is -0.381 e. The van der Waals surface area contributed by atoms with Gasteiger partial charge in [0.1, 0.15) is 5.60 Å². The Morgan fingerprint density at radius 1 is 1.57 bits per heavy atom. The Balaban J connectivity index is 2.56. The Morgan fingerprint density at radius 3 is 2.57 bits per heavy atom. The summed E-state index contributed by atoms with van der Waals surface area (Å²) in [7, 11) is 0. The lowest BCUT2D eigenvalue weighted by Crippen LogP contribution is -2.48. The van der Waals surface area contributed by atoms with Crippen LogP contribution in [0.1, 0.15) is 26.7 Å². The average molecular weight is 213 g/mol. The molecule has 1 spiro atoms. The summed E-state index contributed by atoms with van der Waals surface area (Å²) in [5, 5.41) is 10.2. The molecule has 0 heterocycles. The molecule has 2 rings (SSSR count). The van der Waals surface area contributed by atoms with E-state index in [9.17, 15) is 9.90 Å². The van der Waals surface area contributed by atoms with Crippen molar-refractivity contribution in [1.82, 2.24) is 0 Å². The number of allylic oxidation sites excluding steroid dienone is 1. The molecule has 0 radical (unpaired) electrons. The highest BCUT2D eigenvalue weighted by atomic mass is 35.5. The summed E-state index contributed by atoms with van der Waals surface area (Å²) in [4.78, 5) is 11.8. The van der Waals surface area contributed by atoms with Gasteiger partial charge in [-0.15, -0.1) is 0 Å². The van der Waals surface area contributed by atoms with Crippen LogP contribution >= 0.6 is 11.6 Å². The van der Waals surface area contributed by atoms with E-state index < -0.39 is 5.60 Å². The molecule has 2 aliphatic rings. The summed E-state index contributed by atoms with van der Waals surface area (Å²) in [6, 6.07) is 0. The van der Waals surface area contributed by atoms with Gasteiger partial charge in [0.05, 0.1) is 0 Å². The maximum absolute atomic E-state index is 11.8. The number of hydrogen-bond donors (Lipinski definition) is 1. The van der Waals surface area contributed by atoms with Crippen LogP contribution in [-0.2, 0) is 4.79 Å². The van der Waals surface area contributed by atoms with Gasteiger partial charge in [0.15, 0.2) is 5.78 Å². The number of Topliss-reactive ketones (excluding diaryl/α,β-unsaturated/α-hetero) is 1. The summed E-state index contributed by atoms with van der Waals surface area (Å²) in [5.41, 5.74) is 1.15. The third-order valence-corrected chi connectivity index (χ3v) is 3.87. The minimum absolute atomic E-state index is 0.254. The predicted octanol–water partition coefficient (Wildman–Crippen LogP) is 2.17. The second kappa shape index (κ2) is 2.71. The number of rotatable bonds is 0. The van der Waals surface area contributed by atoms with Gasteiger partial charge in [0.2, 0.25) is 0 Å². The zero-order chi connectivity index (χ0) is 10.6. The number of aliphatic hydroxyl groups is 1. The Labute approximate surface area is 88.3 Å². The number of ketones is 1. The smallest absolute Gasteiger partial charge is 0.195 e. The van der Waals surface area contributed by atoms with Gasteiger partial charge in [0.25, 0.3) is 0 Å². The maximum Gasteiger partial charge on any atom is 0.195 e. The van der Waals surface area contributed by atoms with Crippen molar-refractivity contribution >= 4 is 17.4 Å². The van der Waals surface area contributed by atoms with E-state index in [1.165, 1.54) is 5.54 Å². The average Bonchev–Trinajstić information content (AvgIpc) is 2.91. The summed E-state index contributed by atoms with van der Waals surface area (Å²) < 4.78 is 0. The fraction of sp³-hybridized carbons (Fsp3) is 0.545. The van der Waals surface area contributed by atoms with Crippen LogP contribution in [-0.4, -0.2) is 16.5 Å². The molecule has 3 heteroatoms. The van der Waals surface area contributed by atoms with Crippen LogP contribution in [0, 0.1) is 5.41 Å². The first kappa shape index (κ1) is 9.94. The van der Waals surface area contributed by atoms with Crippen molar-refractivity contribution in [2.75, 3.05) is 0 Å². The second-order valence-corrected chi connectivity index (χ2v) is 4.59. The molecule has 2 aliphatic carbocycles. The van der Waals surface area contributed by atoms with E-state index >= 15 is 0 Å². The molecule has 76 valence electrons. The van der Waals surface area contributed by atoms with Crippen LogP contribution in [0.5, 0.6) is 0 Å². The Bertz CT molecular complexity index is 359. The second-order valence-electron chi connectivity index (χ2n) is 4.38. The van der Waals surface area contributed by atoms with Crippen molar-refractivity contribution < 1.29 is 9.90 Å².